The van der Waals surface area contributed by atoms with Gasteiger partial charge in [-0.3, -0.25) is 9.40 Å². The third kappa shape index (κ3) is 3.97. The summed E-state index contributed by atoms with van der Waals surface area (Å²) in [6, 6.07) is 4.90. The van der Waals surface area contributed by atoms with E-state index in [0.29, 0.717) is 28.1 Å². The van der Waals surface area contributed by atoms with Crippen LogP contribution >= 0.6 is 27.5 Å². The van der Waals surface area contributed by atoms with Gasteiger partial charge in [0.15, 0.2) is 0 Å². The maximum atomic E-state index is 12.3. The fourth-order valence-corrected chi connectivity index (χ4v) is 3.32. The van der Waals surface area contributed by atoms with Gasteiger partial charge in [-0.25, -0.2) is 8.42 Å². The normalized spacial score (nSPS) is 11.6. The highest BCUT2D eigenvalue weighted by Crippen LogP contribution is 2.31. The van der Waals surface area contributed by atoms with Crippen molar-refractivity contribution in [3.05, 3.63) is 40.1 Å². The van der Waals surface area contributed by atoms with Crippen molar-refractivity contribution in [2.75, 3.05) is 11.3 Å². The number of anilines is 1. The SMILES string of the molecule is O=S(=O)(Nc1cccc(Cl)c1Br)c1cnn(CCCO)c1. The zero-order chi connectivity index (χ0) is 15.5. The Labute approximate surface area is 135 Å². The first-order valence-corrected chi connectivity index (χ1v) is 8.69. The van der Waals surface area contributed by atoms with Gasteiger partial charge in [-0.2, -0.15) is 5.10 Å². The first-order chi connectivity index (χ1) is 9.94. The fraction of sp³-hybridized carbons (Fsp3) is 0.250. The van der Waals surface area contributed by atoms with E-state index in [9.17, 15) is 8.42 Å². The molecule has 9 heteroatoms. The van der Waals surface area contributed by atoms with E-state index >= 15 is 0 Å². The van der Waals surface area contributed by atoms with Crippen molar-refractivity contribution < 1.29 is 13.5 Å². The summed E-state index contributed by atoms with van der Waals surface area (Å²) in [7, 11) is -3.74. The molecule has 21 heavy (non-hydrogen) atoms. The van der Waals surface area contributed by atoms with E-state index < -0.39 is 10.0 Å². The minimum Gasteiger partial charge on any atom is -0.396 e. The second kappa shape index (κ2) is 6.78. The lowest BCUT2D eigenvalue weighted by molar-refractivity contribution is 0.277. The lowest BCUT2D eigenvalue weighted by Gasteiger charge is -2.09. The molecule has 1 aromatic heterocycles. The van der Waals surface area contributed by atoms with Crippen LogP contribution in [0.25, 0.3) is 0 Å². The lowest BCUT2D eigenvalue weighted by atomic mass is 10.3. The molecule has 0 aliphatic carbocycles. The molecule has 0 saturated carbocycles. The minimum atomic E-state index is -3.74. The van der Waals surface area contributed by atoms with E-state index in [-0.39, 0.29) is 11.5 Å². The highest BCUT2D eigenvalue weighted by molar-refractivity contribution is 9.10. The standard InChI is InChI=1S/C12H13BrClN3O3S/c13-12-10(14)3-1-4-11(12)16-21(19,20)9-7-15-17(8-9)5-2-6-18/h1,3-4,7-8,16,18H,2,5-6H2. The molecule has 2 aromatic rings. The Morgan fingerprint density at radius 2 is 2.19 bits per heavy atom. The molecule has 2 N–H and O–H groups in total. The zero-order valence-electron chi connectivity index (χ0n) is 10.8. The van der Waals surface area contributed by atoms with Crippen LogP contribution in [0.15, 0.2) is 40.0 Å². The molecule has 0 spiro atoms. The number of sulfonamides is 1. The molecule has 114 valence electrons. The molecule has 0 amide bonds. The van der Waals surface area contributed by atoms with Crippen molar-refractivity contribution in [3.8, 4) is 0 Å². The maximum absolute atomic E-state index is 12.3. The number of benzene rings is 1. The number of aryl methyl sites for hydroxylation is 1. The smallest absolute Gasteiger partial charge is 0.265 e. The van der Waals surface area contributed by atoms with E-state index in [1.165, 1.54) is 17.1 Å². The van der Waals surface area contributed by atoms with Gasteiger partial charge in [0.1, 0.15) is 4.90 Å². The molecule has 0 aliphatic heterocycles. The number of nitrogens with one attached hydrogen (secondary N) is 1. The molecule has 6 nitrogen and oxygen atoms in total. The molecular weight excluding hydrogens is 382 g/mol. The largest absolute Gasteiger partial charge is 0.396 e. The van der Waals surface area contributed by atoms with Crippen LogP contribution in [0.4, 0.5) is 5.69 Å². The summed E-state index contributed by atoms with van der Waals surface area (Å²) in [6.07, 6.45) is 3.18. The van der Waals surface area contributed by atoms with Crippen LogP contribution < -0.4 is 4.72 Å². The summed E-state index contributed by atoms with van der Waals surface area (Å²) in [4.78, 5) is 0.0484. The number of halogens is 2. The first-order valence-electron chi connectivity index (χ1n) is 6.04. The maximum Gasteiger partial charge on any atom is 0.265 e. The van der Waals surface area contributed by atoms with Gasteiger partial charge >= 0.3 is 0 Å². The van der Waals surface area contributed by atoms with Crippen LogP contribution in [-0.4, -0.2) is 29.9 Å². The van der Waals surface area contributed by atoms with Crippen LogP contribution in [0.3, 0.4) is 0 Å². The summed E-state index contributed by atoms with van der Waals surface area (Å²) >= 11 is 9.17. The Balaban J connectivity index is 2.22. The third-order valence-electron chi connectivity index (χ3n) is 2.66. The topological polar surface area (TPSA) is 84.2 Å². The highest BCUT2D eigenvalue weighted by Gasteiger charge is 2.18. The van der Waals surface area contributed by atoms with Crippen molar-refractivity contribution >= 4 is 43.2 Å². The molecule has 0 unspecified atom stereocenters. The fourth-order valence-electron chi connectivity index (χ4n) is 1.62. The molecule has 0 saturated heterocycles. The Hall–Kier alpha value is -1.09. The highest BCUT2D eigenvalue weighted by atomic mass is 79.9. The summed E-state index contributed by atoms with van der Waals surface area (Å²) in [6.45, 7) is 0.475. The third-order valence-corrected chi connectivity index (χ3v) is 5.38. The zero-order valence-corrected chi connectivity index (χ0v) is 14.0. The Morgan fingerprint density at radius 1 is 1.43 bits per heavy atom. The Kier molecular flexibility index (Phi) is 5.26. The van der Waals surface area contributed by atoms with Gasteiger partial charge in [0, 0.05) is 19.3 Å². The van der Waals surface area contributed by atoms with Crippen LogP contribution in [0.1, 0.15) is 6.42 Å². The molecule has 2 rings (SSSR count). The molecule has 0 fully saturated rings. The number of hydrogen-bond acceptors (Lipinski definition) is 4. The van der Waals surface area contributed by atoms with Crippen molar-refractivity contribution in [3.63, 3.8) is 0 Å². The van der Waals surface area contributed by atoms with Crippen LogP contribution in [0, 0.1) is 0 Å². The molecule has 0 aliphatic rings. The summed E-state index contributed by atoms with van der Waals surface area (Å²) in [5.41, 5.74) is 0.352. The van der Waals surface area contributed by atoms with Gasteiger partial charge in [0.25, 0.3) is 10.0 Å². The van der Waals surface area contributed by atoms with Gasteiger partial charge < -0.3 is 5.11 Å². The summed E-state index contributed by atoms with van der Waals surface area (Å²) < 4.78 is 28.9. The van der Waals surface area contributed by atoms with Crippen molar-refractivity contribution in [2.45, 2.75) is 17.9 Å². The van der Waals surface area contributed by atoms with Crippen molar-refractivity contribution in [2.24, 2.45) is 0 Å². The number of aliphatic hydroxyl groups is 1. The first kappa shape index (κ1) is 16.3. The Morgan fingerprint density at radius 3 is 2.90 bits per heavy atom. The molecular formula is C12H13BrClN3O3S. The number of nitrogens with zero attached hydrogens (tertiary/aromatic N) is 2. The molecule has 1 aromatic carbocycles. The monoisotopic (exact) mass is 393 g/mol. The van der Waals surface area contributed by atoms with Gasteiger partial charge in [0.2, 0.25) is 0 Å². The molecule has 0 radical (unpaired) electrons. The van der Waals surface area contributed by atoms with E-state index in [1.54, 1.807) is 18.2 Å². The second-order valence-electron chi connectivity index (χ2n) is 4.22. The predicted octanol–water partition coefficient (Wildman–Crippen LogP) is 2.48. The number of rotatable bonds is 6. The summed E-state index contributed by atoms with van der Waals surface area (Å²) in [5.74, 6) is 0. The van der Waals surface area contributed by atoms with Gasteiger partial charge in [-0.05, 0) is 34.5 Å². The molecule has 0 atom stereocenters. The van der Waals surface area contributed by atoms with E-state index in [0.717, 1.165) is 0 Å². The van der Waals surface area contributed by atoms with Gasteiger partial charge in [-0.1, -0.05) is 17.7 Å². The molecule has 0 bridgehead atoms. The van der Waals surface area contributed by atoms with Crippen molar-refractivity contribution in [1.29, 1.82) is 0 Å². The van der Waals surface area contributed by atoms with Crippen LogP contribution in [-0.2, 0) is 16.6 Å². The van der Waals surface area contributed by atoms with Crippen LogP contribution in [0.2, 0.25) is 5.02 Å². The summed E-state index contributed by atoms with van der Waals surface area (Å²) in [5, 5.41) is 13.1. The minimum absolute atomic E-state index is 0.0235. The van der Waals surface area contributed by atoms with E-state index in [2.05, 4.69) is 25.8 Å². The average Bonchev–Trinajstić information content (AvgIpc) is 2.91. The quantitative estimate of drug-likeness (QED) is 0.788. The number of aliphatic hydroxyl groups excluding tert-OH is 1. The van der Waals surface area contributed by atoms with Gasteiger partial charge in [0.05, 0.1) is 21.4 Å². The average molecular weight is 395 g/mol. The van der Waals surface area contributed by atoms with E-state index in [4.69, 9.17) is 16.7 Å². The predicted molar refractivity (Wildman–Crippen MR) is 83.9 cm³/mol. The second-order valence-corrected chi connectivity index (χ2v) is 7.11. The van der Waals surface area contributed by atoms with E-state index in [1.807, 2.05) is 0 Å². The van der Waals surface area contributed by atoms with Crippen molar-refractivity contribution in [1.82, 2.24) is 9.78 Å². The number of aromatic nitrogens is 2. The number of hydrogen-bond donors (Lipinski definition) is 2. The van der Waals surface area contributed by atoms with Gasteiger partial charge in [-0.15, -0.1) is 0 Å². The Bertz CT molecular complexity index is 733. The van der Waals surface area contributed by atoms with Crippen LogP contribution in [0.5, 0.6) is 0 Å². The lowest BCUT2D eigenvalue weighted by Crippen LogP contribution is -2.12. The molecule has 1 heterocycles.